The number of ether oxygens (including phenoxy) is 3. The highest BCUT2D eigenvalue weighted by atomic mass is 32.1. The number of nitrogens with zero attached hydrogens (tertiary/aromatic N) is 2. The Morgan fingerprint density at radius 2 is 1.62 bits per heavy atom. The summed E-state index contributed by atoms with van der Waals surface area (Å²) >= 11 is 5.69. The second-order valence-electron chi connectivity index (χ2n) is 8.25. The zero-order valence-corrected chi connectivity index (χ0v) is 21.4. The summed E-state index contributed by atoms with van der Waals surface area (Å²) in [7, 11) is 4.64. The van der Waals surface area contributed by atoms with Crippen LogP contribution in [0.4, 0.5) is 15.8 Å². The molecule has 0 saturated carbocycles. The molecular formula is C27H26FN3O5S. The van der Waals surface area contributed by atoms with Crippen molar-refractivity contribution in [2.24, 2.45) is 0 Å². The van der Waals surface area contributed by atoms with E-state index in [1.807, 2.05) is 6.07 Å². The molecule has 0 aromatic heterocycles. The van der Waals surface area contributed by atoms with E-state index in [-0.39, 0.29) is 29.9 Å². The van der Waals surface area contributed by atoms with E-state index in [0.29, 0.717) is 28.6 Å². The van der Waals surface area contributed by atoms with Crippen LogP contribution in [0.3, 0.4) is 0 Å². The highest BCUT2D eigenvalue weighted by Gasteiger charge is 2.44. The van der Waals surface area contributed by atoms with Gasteiger partial charge in [0.1, 0.15) is 17.6 Å². The van der Waals surface area contributed by atoms with Gasteiger partial charge in [0.05, 0.1) is 33.4 Å². The van der Waals surface area contributed by atoms with Crippen LogP contribution in [0.15, 0.2) is 66.7 Å². The lowest BCUT2D eigenvalue weighted by Crippen LogP contribution is -2.37. The summed E-state index contributed by atoms with van der Waals surface area (Å²) in [6.07, 6.45) is -0.143. The van der Waals surface area contributed by atoms with E-state index in [1.165, 1.54) is 36.3 Å². The van der Waals surface area contributed by atoms with Gasteiger partial charge in [-0.2, -0.15) is 0 Å². The Hall–Kier alpha value is -4.18. The first kappa shape index (κ1) is 25.9. The predicted octanol–water partition coefficient (Wildman–Crippen LogP) is 4.38. The van der Waals surface area contributed by atoms with Crippen LogP contribution >= 0.6 is 12.2 Å². The van der Waals surface area contributed by atoms with Crippen LogP contribution in [0.25, 0.3) is 0 Å². The number of carbonyl (C=O) groups excluding carboxylic acids is 2. The summed E-state index contributed by atoms with van der Waals surface area (Å²) in [5.74, 6) is 0.589. The van der Waals surface area contributed by atoms with Crippen LogP contribution in [-0.4, -0.2) is 49.2 Å². The standard InChI is InChI=1S/C27H26FN3O5S/c1-34-21-11-7-19(8-12-21)29-25(32)15-22-26(33)31(20-9-5-18(28)6-10-20)27(37)30(22)16-17-4-13-23(35-2)24(14-17)36-3/h4-14,22H,15-16H2,1-3H3,(H,29,32). The van der Waals surface area contributed by atoms with Crippen molar-refractivity contribution in [3.8, 4) is 17.2 Å². The number of carbonyl (C=O) groups is 2. The van der Waals surface area contributed by atoms with Crippen molar-refractivity contribution in [2.45, 2.75) is 19.0 Å². The molecule has 1 N–H and O–H groups in total. The van der Waals surface area contributed by atoms with Crippen molar-refractivity contribution in [3.63, 3.8) is 0 Å². The maximum absolute atomic E-state index is 13.6. The number of anilines is 2. The van der Waals surface area contributed by atoms with Crippen molar-refractivity contribution in [1.29, 1.82) is 0 Å². The van der Waals surface area contributed by atoms with Gasteiger partial charge in [-0.15, -0.1) is 0 Å². The molecule has 37 heavy (non-hydrogen) atoms. The quantitative estimate of drug-likeness (QED) is 0.417. The van der Waals surface area contributed by atoms with E-state index < -0.39 is 11.9 Å². The molecule has 3 aromatic rings. The highest BCUT2D eigenvalue weighted by molar-refractivity contribution is 7.80. The number of thiocarbonyl (C=S) groups is 1. The van der Waals surface area contributed by atoms with Gasteiger partial charge in [-0.3, -0.25) is 14.5 Å². The van der Waals surface area contributed by atoms with Gasteiger partial charge in [-0.1, -0.05) is 6.07 Å². The van der Waals surface area contributed by atoms with Crippen molar-refractivity contribution in [3.05, 3.63) is 78.1 Å². The molecule has 1 atom stereocenters. The zero-order chi connectivity index (χ0) is 26.5. The number of rotatable bonds is 9. The number of nitrogens with one attached hydrogen (secondary N) is 1. The number of benzene rings is 3. The molecule has 1 heterocycles. The Bertz CT molecular complexity index is 1300. The Kier molecular flexibility index (Phi) is 7.88. The zero-order valence-electron chi connectivity index (χ0n) is 20.6. The molecule has 0 bridgehead atoms. The average Bonchev–Trinajstić information content (AvgIpc) is 3.13. The lowest BCUT2D eigenvalue weighted by Gasteiger charge is -2.24. The van der Waals surface area contributed by atoms with Crippen LogP contribution in [0.1, 0.15) is 12.0 Å². The first-order valence-corrected chi connectivity index (χ1v) is 11.8. The third-order valence-electron chi connectivity index (χ3n) is 5.96. The van der Waals surface area contributed by atoms with E-state index in [4.69, 9.17) is 26.4 Å². The van der Waals surface area contributed by atoms with Crippen LogP contribution in [0, 0.1) is 5.82 Å². The summed E-state index contributed by atoms with van der Waals surface area (Å²) in [5, 5.41) is 3.03. The lowest BCUT2D eigenvalue weighted by atomic mass is 10.1. The first-order valence-electron chi connectivity index (χ1n) is 11.4. The van der Waals surface area contributed by atoms with E-state index in [9.17, 15) is 14.0 Å². The fourth-order valence-corrected chi connectivity index (χ4v) is 4.47. The SMILES string of the molecule is COc1ccc(NC(=O)CC2C(=O)N(c3ccc(F)cc3)C(=S)N2Cc2ccc(OC)c(OC)c2)cc1. The van der Waals surface area contributed by atoms with E-state index in [2.05, 4.69) is 5.32 Å². The summed E-state index contributed by atoms with van der Waals surface area (Å²) in [6, 6.07) is 16.9. The molecule has 3 aromatic carbocycles. The summed E-state index contributed by atoms with van der Waals surface area (Å²) in [4.78, 5) is 29.6. The Morgan fingerprint density at radius 1 is 0.946 bits per heavy atom. The van der Waals surface area contributed by atoms with Crippen LogP contribution < -0.4 is 24.4 Å². The predicted molar refractivity (Wildman–Crippen MR) is 142 cm³/mol. The van der Waals surface area contributed by atoms with Crippen LogP contribution in [0.5, 0.6) is 17.2 Å². The second-order valence-corrected chi connectivity index (χ2v) is 8.61. The Labute approximate surface area is 219 Å². The first-order chi connectivity index (χ1) is 17.8. The van der Waals surface area contributed by atoms with Crippen LogP contribution in [0.2, 0.25) is 0 Å². The fraction of sp³-hybridized carbons (Fsp3) is 0.222. The fourth-order valence-electron chi connectivity index (χ4n) is 4.08. The van der Waals surface area contributed by atoms with Gasteiger partial charge in [0, 0.05) is 12.2 Å². The maximum Gasteiger partial charge on any atom is 0.256 e. The van der Waals surface area contributed by atoms with Crippen molar-refractivity contribution < 1.29 is 28.2 Å². The number of amides is 2. The molecular weight excluding hydrogens is 497 g/mol. The van der Waals surface area contributed by atoms with Crippen molar-refractivity contribution in [1.82, 2.24) is 4.90 Å². The molecule has 0 radical (unpaired) electrons. The van der Waals surface area contributed by atoms with E-state index in [0.717, 1.165) is 5.56 Å². The molecule has 0 spiro atoms. The highest BCUT2D eigenvalue weighted by Crippen LogP contribution is 2.32. The second kappa shape index (κ2) is 11.3. The monoisotopic (exact) mass is 523 g/mol. The lowest BCUT2D eigenvalue weighted by molar-refractivity contribution is -0.124. The molecule has 192 valence electrons. The molecule has 1 fully saturated rings. The largest absolute Gasteiger partial charge is 0.497 e. The molecule has 1 unspecified atom stereocenters. The maximum atomic E-state index is 13.6. The van der Waals surface area contributed by atoms with Gasteiger partial charge in [-0.25, -0.2) is 4.39 Å². The van der Waals surface area contributed by atoms with Gasteiger partial charge < -0.3 is 24.4 Å². The Morgan fingerprint density at radius 3 is 2.24 bits per heavy atom. The molecule has 8 nitrogen and oxygen atoms in total. The number of hydrogen-bond acceptors (Lipinski definition) is 6. The molecule has 2 amide bonds. The van der Waals surface area contributed by atoms with Gasteiger partial charge >= 0.3 is 0 Å². The van der Waals surface area contributed by atoms with Gasteiger partial charge in [0.2, 0.25) is 5.91 Å². The van der Waals surface area contributed by atoms with Crippen molar-refractivity contribution in [2.75, 3.05) is 31.5 Å². The Balaban J connectivity index is 1.61. The van der Waals surface area contributed by atoms with Gasteiger partial charge in [0.25, 0.3) is 5.91 Å². The van der Waals surface area contributed by atoms with Crippen molar-refractivity contribution >= 4 is 40.5 Å². The molecule has 10 heteroatoms. The number of halogens is 1. The third kappa shape index (κ3) is 5.64. The minimum Gasteiger partial charge on any atom is -0.497 e. The van der Waals surface area contributed by atoms with Crippen LogP contribution in [-0.2, 0) is 16.1 Å². The molecule has 0 aliphatic carbocycles. The summed E-state index contributed by atoms with van der Waals surface area (Å²) in [6.45, 7) is 0.239. The summed E-state index contributed by atoms with van der Waals surface area (Å²) in [5.41, 5.74) is 1.79. The van der Waals surface area contributed by atoms with E-state index in [1.54, 1.807) is 55.5 Å². The van der Waals surface area contributed by atoms with Gasteiger partial charge in [-0.05, 0) is 78.4 Å². The van der Waals surface area contributed by atoms with E-state index >= 15 is 0 Å². The average molecular weight is 524 g/mol. The molecule has 1 saturated heterocycles. The smallest absolute Gasteiger partial charge is 0.256 e. The summed E-state index contributed by atoms with van der Waals surface area (Å²) < 4.78 is 29.4. The minimum atomic E-state index is -0.871. The van der Waals surface area contributed by atoms with Gasteiger partial charge in [0.15, 0.2) is 16.6 Å². The minimum absolute atomic E-state index is 0.143. The molecule has 4 rings (SSSR count). The third-order valence-corrected chi connectivity index (χ3v) is 6.37. The normalized spacial score (nSPS) is 15.1. The molecule has 1 aliphatic rings. The number of methoxy groups -OCH3 is 3. The topological polar surface area (TPSA) is 80.3 Å². The molecule has 1 aliphatic heterocycles. The number of hydrogen-bond donors (Lipinski definition) is 1.